The Morgan fingerprint density at radius 3 is 2.72 bits per heavy atom. The monoisotopic (exact) mass is 250 g/mol. The lowest BCUT2D eigenvalue weighted by atomic mass is 10.2. The first-order chi connectivity index (χ1) is 8.74. The van der Waals surface area contributed by atoms with Gasteiger partial charge in [-0.25, -0.2) is 0 Å². The van der Waals surface area contributed by atoms with E-state index in [0.29, 0.717) is 12.6 Å². The van der Waals surface area contributed by atoms with E-state index in [1.54, 1.807) is 7.11 Å². The molecule has 0 aromatic heterocycles. The van der Waals surface area contributed by atoms with E-state index < -0.39 is 0 Å². The Kier molecular flexibility index (Phi) is 4.31. The molecule has 0 bridgehead atoms. The number of hydrogen-bond donors (Lipinski definition) is 1. The van der Waals surface area contributed by atoms with Gasteiger partial charge in [0.2, 0.25) is 0 Å². The Bertz CT molecular complexity index is 391. The fourth-order valence-corrected chi connectivity index (χ4v) is 2.12. The van der Waals surface area contributed by atoms with Crippen molar-refractivity contribution in [2.45, 2.75) is 25.8 Å². The van der Waals surface area contributed by atoms with E-state index in [4.69, 9.17) is 15.2 Å². The summed E-state index contributed by atoms with van der Waals surface area (Å²) in [6.45, 7) is 4.27. The summed E-state index contributed by atoms with van der Waals surface area (Å²) in [5.41, 5.74) is 7.82. The zero-order valence-corrected chi connectivity index (χ0v) is 11.2. The van der Waals surface area contributed by atoms with E-state index >= 15 is 0 Å². The Morgan fingerprint density at radius 1 is 1.33 bits per heavy atom. The minimum absolute atomic E-state index is 0.636. The molecular weight excluding hydrogens is 228 g/mol. The zero-order chi connectivity index (χ0) is 13.0. The lowest BCUT2D eigenvalue weighted by Gasteiger charge is -2.25. The minimum Gasteiger partial charge on any atom is -0.494 e. The molecule has 1 aliphatic rings. The van der Waals surface area contributed by atoms with Gasteiger partial charge in [-0.2, -0.15) is 0 Å². The molecule has 0 amide bonds. The SMILES string of the molecule is CCOc1cc(N)cc(N(CCOC)C2CC2)c1. The van der Waals surface area contributed by atoms with Crippen LogP contribution in [0.15, 0.2) is 18.2 Å². The van der Waals surface area contributed by atoms with Crippen molar-refractivity contribution in [1.29, 1.82) is 0 Å². The van der Waals surface area contributed by atoms with Gasteiger partial charge >= 0.3 is 0 Å². The summed E-state index contributed by atoms with van der Waals surface area (Å²) in [6.07, 6.45) is 2.50. The van der Waals surface area contributed by atoms with Crippen molar-refractivity contribution < 1.29 is 9.47 Å². The number of hydrogen-bond acceptors (Lipinski definition) is 4. The number of nitrogens with two attached hydrogens (primary N) is 1. The molecule has 1 fully saturated rings. The highest BCUT2D eigenvalue weighted by molar-refractivity contribution is 5.61. The van der Waals surface area contributed by atoms with E-state index in [-0.39, 0.29) is 0 Å². The van der Waals surface area contributed by atoms with Crippen molar-refractivity contribution in [3.8, 4) is 5.75 Å². The van der Waals surface area contributed by atoms with Crippen molar-refractivity contribution >= 4 is 11.4 Å². The largest absolute Gasteiger partial charge is 0.494 e. The van der Waals surface area contributed by atoms with Gasteiger partial charge in [-0.1, -0.05) is 0 Å². The van der Waals surface area contributed by atoms with Crippen LogP contribution in [0.5, 0.6) is 5.75 Å². The van der Waals surface area contributed by atoms with E-state index in [0.717, 1.165) is 30.3 Å². The number of nitrogen functional groups attached to an aromatic ring is 1. The van der Waals surface area contributed by atoms with Crippen LogP contribution in [-0.2, 0) is 4.74 Å². The summed E-state index contributed by atoms with van der Waals surface area (Å²) in [6, 6.07) is 6.58. The van der Waals surface area contributed by atoms with Gasteiger partial charge in [0.05, 0.1) is 13.2 Å². The molecule has 0 heterocycles. The Balaban J connectivity index is 2.17. The first kappa shape index (κ1) is 13.0. The van der Waals surface area contributed by atoms with E-state index in [2.05, 4.69) is 11.0 Å². The van der Waals surface area contributed by atoms with Gasteiger partial charge in [0.15, 0.2) is 0 Å². The van der Waals surface area contributed by atoms with Crippen LogP contribution in [0.2, 0.25) is 0 Å². The maximum Gasteiger partial charge on any atom is 0.123 e. The third-order valence-electron chi connectivity index (χ3n) is 3.08. The highest BCUT2D eigenvalue weighted by Crippen LogP contribution is 2.34. The molecule has 0 aliphatic heterocycles. The van der Waals surface area contributed by atoms with Crippen LogP contribution < -0.4 is 15.4 Å². The summed E-state index contributed by atoms with van der Waals surface area (Å²) in [5, 5.41) is 0. The number of methoxy groups -OCH3 is 1. The van der Waals surface area contributed by atoms with Crippen LogP contribution in [-0.4, -0.2) is 32.9 Å². The number of rotatable bonds is 7. The fourth-order valence-electron chi connectivity index (χ4n) is 2.12. The third-order valence-corrected chi connectivity index (χ3v) is 3.08. The first-order valence-electron chi connectivity index (χ1n) is 6.53. The Hall–Kier alpha value is -1.42. The second-order valence-corrected chi connectivity index (χ2v) is 4.61. The molecule has 100 valence electrons. The van der Waals surface area contributed by atoms with Gasteiger partial charge in [-0.05, 0) is 25.8 Å². The molecular formula is C14H22N2O2. The molecule has 1 aliphatic carbocycles. The maximum atomic E-state index is 5.94. The number of anilines is 2. The summed E-state index contributed by atoms with van der Waals surface area (Å²) in [4.78, 5) is 2.36. The van der Waals surface area contributed by atoms with Gasteiger partial charge in [0, 0.05) is 43.2 Å². The second-order valence-electron chi connectivity index (χ2n) is 4.61. The Labute approximate surface area is 109 Å². The topological polar surface area (TPSA) is 47.7 Å². The molecule has 2 N–H and O–H groups in total. The molecule has 0 saturated heterocycles. The average Bonchev–Trinajstić information content (AvgIpc) is 3.14. The molecule has 18 heavy (non-hydrogen) atoms. The highest BCUT2D eigenvalue weighted by Gasteiger charge is 2.29. The van der Waals surface area contributed by atoms with Crippen molar-refractivity contribution in [2.75, 3.05) is 37.5 Å². The van der Waals surface area contributed by atoms with Crippen molar-refractivity contribution in [2.24, 2.45) is 0 Å². The van der Waals surface area contributed by atoms with E-state index in [9.17, 15) is 0 Å². The lowest BCUT2D eigenvalue weighted by Crippen LogP contribution is -2.29. The molecule has 2 rings (SSSR count). The third kappa shape index (κ3) is 3.29. The molecule has 0 atom stereocenters. The van der Waals surface area contributed by atoms with Crippen LogP contribution in [0.3, 0.4) is 0 Å². The quantitative estimate of drug-likeness (QED) is 0.754. The van der Waals surface area contributed by atoms with Crippen LogP contribution in [0.4, 0.5) is 11.4 Å². The summed E-state index contributed by atoms with van der Waals surface area (Å²) in [7, 11) is 1.73. The molecule has 4 heteroatoms. The van der Waals surface area contributed by atoms with Gasteiger partial charge in [-0.15, -0.1) is 0 Å². The van der Waals surface area contributed by atoms with E-state index in [1.165, 1.54) is 12.8 Å². The molecule has 0 radical (unpaired) electrons. The van der Waals surface area contributed by atoms with Crippen molar-refractivity contribution in [3.63, 3.8) is 0 Å². The lowest BCUT2D eigenvalue weighted by molar-refractivity contribution is 0.205. The highest BCUT2D eigenvalue weighted by atomic mass is 16.5. The molecule has 4 nitrogen and oxygen atoms in total. The van der Waals surface area contributed by atoms with Gasteiger partial charge in [-0.3, -0.25) is 0 Å². The molecule has 0 unspecified atom stereocenters. The maximum absolute atomic E-state index is 5.94. The summed E-state index contributed by atoms with van der Waals surface area (Å²) in [5.74, 6) is 0.843. The van der Waals surface area contributed by atoms with Crippen LogP contribution in [0.1, 0.15) is 19.8 Å². The summed E-state index contributed by atoms with van der Waals surface area (Å²) < 4.78 is 10.7. The number of nitrogens with zero attached hydrogens (tertiary/aromatic N) is 1. The van der Waals surface area contributed by atoms with Crippen molar-refractivity contribution in [3.05, 3.63) is 18.2 Å². The number of ether oxygens (including phenoxy) is 2. The predicted octanol–water partition coefficient (Wildman–Crippen LogP) is 2.28. The van der Waals surface area contributed by atoms with Crippen LogP contribution in [0, 0.1) is 0 Å². The normalized spacial score (nSPS) is 14.6. The van der Waals surface area contributed by atoms with Gasteiger partial charge in [0.1, 0.15) is 5.75 Å². The molecule has 0 spiro atoms. The average molecular weight is 250 g/mol. The predicted molar refractivity (Wildman–Crippen MR) is 74.3 cm³/mol. The molecule has 1 aromatic rings. The summed E-state index contributed by atoms with van der Waals surface area (Å²) >= 11 is 0. The van der Waals surface area contributed by atoms with Crippen LogP contribution >= 0.6 is 0 Å². The zero-order valence-electron chi connectivity index (χ0n) is 11.2. The number of benzene rings is 1. The second kappa shape index (κ2) is 5.96. The van der Waals surface area contributed by atoms with Gasteiger partial charge in [0.25, 0.3) is 0 Å². The van der Waals surface area contributed by atoms with Crippen LogP contribution in [0.25, 0.3) is 0 Å². The van der Waals surface area contributed by atoms with Crippen molar-refractivity contribution in [1.82, 2.24) is 0 Å². The standard InChI is InChI=1S/C14H22N2O2/c1-3-18-14-9-11(15)8-13(10-14)16(6-7-17-2)12-4-5-12/h8-10,12H,3-7,15H2,1-2H3. The van der Waals surface area contributed by atoms with E-state index in [1.807, 2.05) is 19.1 Å². The minimum atomic E-state index is 0.636. The molecule has 1 aromatic carbocycles. The first-order valence-corrected chi connectivity index (χ1v) is 6.53. The Morgan fingerprint density at radius 2 is 2.11 bits per heavy atom. The smallest absolute Gasteiger partial charge is 0.123 e. The fraction of sp³-hybridized carbons (Fsp3) is 0.571. The molecule has 1 saturated carbocycles. The van der Waals surface area contributed by atoms with Gasteiger partial charge < -0.3 is 20.1 Å².